The van der Waals surface area contributed by atoms with Crippen LogP contribution in [0.1, 0.15) is 16.7 Å². The number of nitrogens with zero attached hydrogens (tertiary/aromatic N) is 1. The van der Waals surface area contributed by atoms with E-state index in [4.69, 9.17) is 27.9 Å². The molecule has 1 N–H and O–H groups in total. The van der Waals surface area contributed by atoms with Gasteiger partial charge in [0.25, 0.3) is 0 Å². The van der Waals surface area contributed by atoms with Crippen LogP contribution in [0, 0.1) is 0 Å². The molecule has 154 valence electrons. The van der Waals surface area contributed by atoms with Gasteiger partial charge < -0.3 is 4.74 Å². The van der Waals surface area contributed by atoms with Crippen LogP contribution in [0.15, 0.2) is 77.9 Å². The minimum Gasteiger partial charge on any atom is -0.489 e. The van der Waals surface area contributed by atoms with Gasteiger partial charge in [0.1, 0.15) is 12.4 Å². The molecule has 3 aromatic rings. The summed E-state index contributed by atoms with van der Waals surface area (Å²) in [6.45, 7) is 0.466. The van der Waals surface area contributed by atoms with Gasteiger partial charge in [-0.2, -0.15) is 5.10 Å². The van der Waals surface area contributed by atoms with Crippen LogP contribution in [-0.2, 0) is 17.2 Å². The van der Waals surface area contributed by atoms with Crippen molar-refractivity contribution < 1.29 is 9.53 Å². The molecule has 0 radical (unpaired) electrons. The molecule has 0 aliphatic heterocycles. The summed E-state index contributed by atoms with van der Waals surface area (Å²) in [4.78, 5) is 11.9. The van der Waals surface area contributed by atoms with Crippen molar-refractivity contribution in [3.63, 3.8) is 0 Å². The van der Waals surface area contributed by atoms with Crippen LogP contribution in [-0.4, -0.2) is 17.9 Å². The van der Waals surface area contributed by atoms with Crippen molar-refractivity contribution >= 4 is 47.1 Å². The molecule has 0 aromatic heterocycles. The van der Waals surface area contributed by atoms with Crippen molar-refractivity contribution in [3.8, 4) is 5.75 Å². The third-order valence-corrected chi connectivity index (χ3v) is 5.48. The monoisotopic (exact) mass is 458 g/mol. The molecular formula is C23H20Cl2N2O2S. The minimum atomic E-state index is -0.152. The number of hydrogen-bond acceptors (Lipinski definition) is 4. The van der Waals surface area contributed by atoms with Crippen LogP contribution in [0.2, 0.25) is 10.0 Å². The Hall–Kier alpha value is -2.47. The van der Waals surface area contributed by atoms with E-state index in [1.165, 1.54) is 11.8 Å². The molecule has 30 heavy (non-hydrogen) atoms. The SMILES string of the molecule is O=C(CSCc1cccc(Cl)c1)N/N=C/c1ccc(OCc2ccc(Cl)cc2)cc1. The Labute approximate surface area is 190 Å². The highest BCUT2D eigenvalue weighted by molar-refractivity contribution is 7.99. The van der Waals surface area contributed by atoms with Crippen molar-refractivity contribution in [1.82, 2.24) is 5.43 Å². The number of carbonyl (C=O) groups is 1. The first kappa shape index (κ1) is 22.2. The van der Waals surface area contributed by atoms with E-state index >= 15 is 0 Å². The second-order valence-corrected chi connectivity index (χ2v) is 8.26. The van der Waals surface area contributed by atoms with Gasteiger partial charge in [0.05, 0.1) is 12.0 Å². The van der Waals surface area contributed by atoms with Gasteiger partial charge in [0.15, 0.2) is 0 Å². The Kier molecular flexibility index (Phi) is 8.63. The fourth-order valence-electron chi connectivity index (χ4n) is 2.50. The van der Waals surface area contributed by atoms with Crippen LogP contribution >= 0.6 is 35.0 Å². The molecule has 3 rings (SSSR count). The lowest BCUT2D eigenvalue weighted by Gasteiger charge is -2.06. The number of rotatable bonds is 9. The van der Waals surface area contributed by atoms with Gasteiger partial charge in [0, 0.05) is 15.8 Å². The maximum Gasteiger partial charge on any atom is 0.250 e. The van der Waals surface area contributed by atoms with Crippen molar-refractivity contribution in [1.29, 1.82) is 0 Å². The molecule has 0 unspecified atom stereocenters. The van der Waals surface area contributed by atoms with E-state index < -0.39 is 0 Å². The highest BCUT2D eigenvalue weighted by Crippen LogP contribution is 2.17. The molecule has 3 aromatic carbocycles. The number of halogens is 2. The summed E-state index contributed by atoms with van der Waals surface area (Å²) < 4.78 is 5.75. The molecule has 0 spiro atoms. The zero-order valence-electron chi connectivity index (χ0n) is 16.1. The molecule has 0 aliphatic carbocycles. The number of amides is 1. The molecule has 4 nitrogen and oxygen atoms in total. The molecule has 0 bridgehead atoms. The highest BCUT2D eigenvalue weighted by atomic mass is 35.5. The Morgan fingerprint density at radius 2 is 1.73 bits per heavy atom. The van der Waals surface area contributed by atoms with Crippen LogP contribution in [0.4, 0.5) is 0 Å². The van der Waals surface area contributed by atoms with Gasteiger partial charge in [-0.3, -0.25) is 4.79 Å². The molecule has 0 fully saturated rings. The van der Waals surface area contributed by atoms with E-state index in [2.05, 4.69) is 10.5 Å². The molecular weight excluding hydrogens is 439 g/mol. The maximum atomic E-state index is 11.9. The third-order valence-electron chi connectivity index (χ3n) is 3.99. The van der Waals surface area contributed by atoms with E-state index in [1.807, 2.05) is 72.8 Å². The number of carbonyl (C=O) groups excluding carboxylic acids is 1. The first-order valence-electron chi connectivity index (χ1n) is 9.20. The lowest BCUT2D eigenvalue weighted by molar-refractivity contribution is -0.118. The molecule has 0 heterocycles. The van der Waals surface area contributed by atoms with E-state index in [1.54, 1.807) is 6.21 Å². The van der Waals surface area contributed by atoms with Crippen molar-refractivity contribution in [2.75, 3.05) is 5.75 Å². The van der Waals surface area contributed by atoms with Gasteiger partial charge in [0.2, 0.25) is 5.91 Å². The smallest absolute Gasteiger partial charge is 0.250 e. The van der Waals surface area contributed by atoms with Gasteiger partial charge in [-0.15, -0.1) is 11.8 Å². The Morgan fingerprint density at radius 1 is 0.967 bits per heavy atom. The van der Waals surface area contributed by atoms with E-state index in [0.717, 1.165) is 28.2 Å². The number of hydrazone groups is 1. The van der Waals surface area contributed by atoms with Gasteiger partial charge in [-0.05, 0) is 65.2 Å². The summed E-state index contributed by atoms with van der Waals surface area (Å²) in [5.74, 6) is 1.64. The number of benzene rings is 3. The summed E-state index contributed by atoms with van der Waals surface area (Å²) in [6, 6.07) is 22.6. The summed E-state index contributed by atoms with van der Waals surface area (Å²) in [5.41, 5.74) is 5.53. The van der Waals surface area contributed by atoms with Crippen molar-refractivity contribution in [2.45, 2.75) is 12.4 Å². The average Bonchev–Trinajstić information content (AvgIpc) is 2.74. The standard InChI is InChI=1S/C23H20Cl2N2O2S/c24-20-8-4-18(5-9-20)14-29-22-10-6-17(7-11-22)13-26-27-23(28)16-30-15-19-2-1-3-21(25)12-19/h1-13H,14-16H2,(H,27,28)/b26-13+. The topological polar surface area (TPSA) is 50.7 Å². The number of hydrogen-bond donors (Lipinski definition) is 1. The van der Waals surface area contributed by atoms with Crippen molar-refractivity contribution in [2.24, 2.45) is 5.10 Å². The minimum absolute atomic E-state index is 0.152. The fraction of sp³-hybridized carbons (Fsp3) is 0.130. The van der Waals surface area contributed by atoms with E-state index in [-0.39, 0.29) is 5.91 Å². The predicted molar refractivity (Wildman–Crippen MR) is 126 cm³/mol. The summed E-state index contributed by atoms with van der Waals surface area (Å²) in [7, 11) is 0. The van der Waals surface area contributed by atoms with E-state index in [9.17, 15) is 4.79 Å². The Balaban J connectivity index is 1.38. The van der Waals surface area contributed by atoms with Gasteiger partial charge in [-0.1, -0.05) is 47.5 Å². The quantitative estimate of drug-likeness (QED) is 0.318. The predicted octanol–water partition coefficient (Wildman–Crippen LogP) is 5.96. The molecule has 7 heteroatoms. The molecule has 0 aliphatic rings. The first-order chi connectivity index (χ1) is 14.6. The zero-order valence-corrected chi connectivity index (χ0v) is 18.4. The number of nitrogens with one attached hydrogen (secondary N) is 1. The lowest BCUT2D eigenvalue weighted by Crippen LogP contribution is -2.19. The highest BCUT2D eigenvalue weighted by Gasteiger charge is 2.01. The molecule has 0 atom stereocenters. The Morgan fingerprint density at radius 3 is 2.47 bits per heavy atom. The van der Waals surface area contributed by atoms with Gasteiger partial charge >= 0.3 is 0 Å². The van der Waals surface area contributed by atoms with Crippen LogP contribution < -0.4 is 10.2 Å². The first-order valence-corrected chi connectivity index (χ1v) is 11.1. The third kappa shape index (κ3) is 7.75. The lowest BCUT2D eigenvalue weighted by atomic mass is 10.2. The summed E-state index contributed by atoms with van der Waals surface area (Å²) in [5, 5.41) is 5.40. The van der Waals surface area contributed by atoms with Crippen LogP contribution in [0.5, 0.6) is 5.75 Å². The van der Waals surface area contributed by atoms with Crippen molar-refractivity contribution in [3.05, 3.63) is 99.5 Å². The molecule has 0 saturated heterocycles. The normalized spacial score (nSPS) is 10.9. The summed E-state index contributed by atoms with van der Waals surface area (Å²) in [6.07, 6.45) is 1.60. The second kappa shape index (κ2) is 11.6. The average molecular weight is 459 g/mol. The van der Waals surface area contributed by atoms with Gasteiger partial charge in [-0.25, -0.2) is 5.43 Å². The zero-order chi connectivity index (χ0) is 21.2. The largest absolute Gasteiger partial charge is 0.489 e. The summed E-state index contributed by atoms with van der Waals surface area (Å²) >= 11 is 13.3. The van der Waals surface area contributed by atoms with Crippen LogP contribution in [0.25, 0.3) is 0 Å². The number of thioether (sulfide) groups is 1. The molecule has 0 saturated carbocycles. The van der Waals surface area contributed by atoms with Crippen LogP contribution in [0.3, 0.4) is 0 Å². The maximum absolute atomic E-state index is 11.9. The molecule has 1 amide bonds. The number of ether oxygens (including phenoxy) is 1. The fourth-order valence-corrected chi connectivity index (χ4v) is 3.60. The second-order valence-electron chi connectivity index (χ2n) is 6.40. The van der Waals surface area contributed by atoms with E-state index in [0.29, 0.717) is 22.4 Å². The Bertz CT molecular complexity index is 993.